The molecule has 2 aromatic heterocycles. The lowest BCUT2D eigenvalue weighted by atomic mass is 9.80. The van der Waals surface area contributed by atoms with E-state index >= 15 is 0 Å². The number of aromatic nitrogens is 3. The van der Waals surface area contributed by atoms with Gasteiger partial charge in [0.25, 0.3) is 0 Å². The predicted molar refractivity (Wildman–Crippen MR) is 99.4 cm³/mol. The van der Waals surface area contributed by atoms with Crippen molar-refractivity contribution in [2.24, 2.45) is 5.92 Å². The third-order valence-electron chi connectivity index (χ3n) is 6.16. The first-order valence-corrected chi connectivity index (χ1v) is 10.0. The number of fused-ring (bicyclic) bond motifs is 1. The predicted octanol–water partition coefficient (Wildman–Crippen LogP) is 3.79. The number of aryl methyl sites for hydroxylation is 1. The second-order valence-electron chi connectivity index (χ2n) is 8.22. The summed E-state index contributed by atoms with van der Waals surface area (Å²) in [4.78, 5) is 17.6. The van der Waals surface area contributed by atoms with Gasteiger partial charge in [0.2, 0.25) is 6.41 Å². The summed E-state index contributed by atoms with van der Waals surface area (Å²) in [5.74, 6) is -1.21. The average Bonchev–Trinajstić information content (AvgIpc) is 3.11. The minimum absolute atomic E-state index is 0.00206. The maximum atomic E-state index is 13.0. The molecule has 2 fully saturated rings. The molecule has 1 saturated carbocycles. The Morgan fingerprint density at radius 2 is 1.93 bits per heavy atom. The number of rotatable bonds is 3. The average molecular weight is 410 g/mol. The Morgan fingerprint density at radius 1 is 1.21 bits per heavy atom. The Labute approximate surface area is 167 Å². The molecule has 1 aliphatic heterocycles. The van der Waals surface area contributed by atoms with Crippen LogP contribution in [0.25, 0.3) is 5.65 Å². The molecule has 0 radical (unpaired) electrons. The fourth-order valence-electron chi connectivity index (χ4n) is 4.39. The summed E-state index contributed by atoms with van der Waals surface area (Å²) in [6.45, 7) is 4.67. The first-order valence-electron chi connectivity index (χ1n) is 10.0. The highest BCUT2D eigenvalue weighted by atomic mass is 19.4. The van der Waals surface area contributed by atoms with E-state index in [4.69, 9.17) is 9.84 Å². The smallest absolute Gasteiger partial charge is 0.368 e. The summed E-state index contributed by atoms with van der Waals surface area (Å²) >= 11 is 0. The molecule has 1 saturated heterocycles. The third kappa shape index (κ3) is 3.97. The number of carbonyl (C=O) groups excluding carboxylic acids is 1. The van der Waals surface area contributed by atoms with Gasteiger partial charge in [0, 0.05) is 17.7 Å². The number of alkyl halides is 3. The Hall–Kier alpha value is -2.16. The van der Waals surface area contributed by atoms with Crippen LogP contribution < -0.4 is 0 Å². The van der Waals surface area contributed by atoms with Crippen LogP contribution >= 0.6 is 0 Å². The molecule has 29 heavy (non-hydrogen) atoms. The lowest BCUT2D eigenvalue weighted by Gasteiger charge is -2.35. The fraction of sp³-hybridized carbons (Fsp3) is 0.650. The number of halogens is 3. The minimum atomic E-state index is -4.12. The van der Waals surface area contributed by atoms with Crippen molar-refractivity contribution in [3.05, 3.63) is 29.2 Å². The molecule has 0 unspecified atom stereocenters. The molecule has 158 valence electrons. The number of carbonyl (C=O) groups is 1. The summed E-state index contributed by atoms with van der Waals surface area (Å²) < 4.78 is 46.6. The van der Waals surface area contributed by atoms with E-state index in [-0.39, 0.29) is 30.9 Å². The van der Waals surface area contributed by atoms with Crippen LogP contribution in [-0.2, 0) is 9.53 Å². The summed E-state index contributed by atoms with van der Waals surface area (Å²) in [6.07, 6.45) is -2.39. The lowest BCUT2D eigenvalue weighted by molar-refractivity contribution is -0.182. The highest BCUT2D eigenvalue weighted by Gasteiger charge is 2.42. The van der Waals surface area contributed by atoms with Crippen LogP contribution in [0.15, 0.2) is 12.1 Å². The molecular weight excluding hydrogens is 385 g/mol. The zero-order chi connectivity index (χ0) is 20.8. The molecule has 0 N–H and O–H groups in total. The van der Waals surface area contributed by atoms with Crippen LogP contribution in [0.5, 0.6) is 0 Å². The van der Waals surface area contributed by atoms with Crippen LogP contribution in [0.3, 0.4) is 0 Å². The van der Waals surface area contributed by atoms with Crippen LogP contribution in [0, 0.1) is 12.8 Å². The molecule has 2 aromatic rings. The highest BCUT2D eigenvalue weighted by Crippen LogP contribution is 2.42. The number of ether oxygens (including phenoxy) is 1. The van der Waals surface area contributed by atoms with Crippen molar-refractivity contribution in [3.63, 3.8) is 0 Å². The van der Waals surface area contributed by atoms with Crippen molar-refractivity contribution in [2.45, 2.75) is 63.8 Å². The van der Waals surface area contributed by atoms with Gasteiger partial charge in [-0.2, -0.15) is 18.3 Å². The maximum absolute atomic E-state index is 13.0. The first-order chi connectivity index (χ1) is 13.8. The molecule has 0 spiro atoms. The zero-order valence-corrected chi connectivity index (χ0v) is 16.5. The SMILES string of the molecule is Cc1cc([C@H]2CN(C=O)[C@H](C)CO2)n2nc([C@H]3CC[C@H](C(F)(F)F)CC3)cc2n1. The summed E-state index contributed by atoms with van der Waals surface area (Å²) in [5, 5.41) is 4.70. The number of hydrogen-bond acceptors (Lipinski definition) is 4. The van der Waals surface area contributed by atoms with E-state index in [1.54, 1.807) is 9.42 Å². The van der Waals surface area contributed by atoms with Gasteiger partial charge in [0.1, 0.15) is 6.10 Å². The van der Waals surface area contributed by atoms with Gasteiger partial charge in [-0.05, 0) is 45.6 Å². The molecule has 2 aliphatic rings. The Bertz CT molecular complexity index is 890. The van der Waals surface area contributed by atoms with E-state index in [9.17, 15) is 18.0 Å². The van der Waals surface area contributed by atoms with Crippen LogP contribution in [-0.4, -0.2) is 51.3 Å². The number of amides is 1. The van der Waals surface area contributed by atoms with E-state index in [1.165, 1.54) is 0 Å². The van der Waals surface area contributed by atoms with Gasteiger partial charge in [-0.1, -0.05) is 0 Å². The van der Waals surface area contributed by atoms with E-state index in [0.29, 0.717) is 31.6 Å². The standard InChI is InChI=1S/C20H25F3N4O2/c1-12-7-17(18-9-26(11-28)13(2)10-29-18)27-19(24-12)8-16(25-27)14-3-5-15(6-4-14)20(21,22)23/h7-8,11,13-15,18H,3-6,9-10H2,1-2H3/t13-,14-,15-,18-/m1/s1. The quantitative estimate of drug-likeness (QED) is 0.723. The molecule has 0 bridgehead atoms. The van der Waals surface area contributed by atoms with E-state index in [1.807, 2.05) is 26.0 Å². The Balaban J connectivity index is 1.60. The molecule has 0 aromatic carbocycles. The summed E-state index contributed by atoms with van der Waals surface area (Å²) in [6, 6.07) is 3.78. The van der Waals surface area contributed by atoms with Gasteiger partial charge in [-0.15, -0.1) is 0 Å². The number of nitrogens with zero attached hydrogens (tertiary/aromatic N) is 4. The van der Waals surface area contributed by atoms with Gasteiger partial charge in [0.15, 0.2) is 5.65 Å². The molecule has 1 aliphatic carbocycles. The van der Waals surface area contributed by atoms with Crippen LogP contribution in [0.4, 0.5) is 13.2 Å². The monoisotopic (exact) mass is 410 g/mol. The largest absolute Gasteiger partial charge is 0.391 e. The van der Waals surface area contributed by atoms with Crippen molar-refractivity contribution in [3.8, 4) is 0 Å². The molecule has 6 nitrogen and oxygen atoms in total. The van der Waals surface area contributed by atoms with Crippen molar-refractivity contribution in [2.75, 3.05) is 13.2 Å². The van der Waals surface area contributed by atoms with E-state index in [0.717, 1.165) is 23.5 Å². The third-order valence-corrected chi connectivity index (χ3v) is 6.16. The second kappa shape index (κ2) is 7.59. The van der Waals surface area contributed by atoms with E-state index in [2.05, 4.69) is 4.98 Å². The molecule has 9 heteroatoms. The van der Waals surface area contributed by atoms with Crippen molar-refractivity contribution in [1.29, 1.82) is 0 Å². The van der Waals surface area contributed by atoms with Crippen LogP contribution in [0.1, 0.15) is 61.7 Å². The minimum Gasteiger partial charge on any atom is -0.368 e. The Morgan fingerprint density at radius 3 is 2.59 bits per heavy atom. The molecular formula is C20H25F3N4O2. The normalized spacial score (nSPS) is 28.7. The molecule has 3 heterocycles. The summed E-state index contributed by atoms with van der Waals surface area (Å²) in [5.41, 5.74) is 3.05. The van der Waals surface area contributed by atoms with Gasteiger partial charge in [-0.25, -0.2) is 9.50 Å². The van der Waals surface area contributed by atoms with Crippen LogP contribution in [0.2, 0.25) is 0 Å². The van der Waals surface area contributed by atoms with Crippen molar-refractivity contribution < 1.29 is 22.7 Å². The zero-order valence-electron chi connectivity index (χ0n) is 16.5. The molecule has 2 atom stereocenters. The van der Waals surface area contributed by atoms with Gasteiger partial charge < -0.3 is 9.64 Å². The molecule has 4 rings (SSSR count). The van der Waals surface area contributed by atoms with Gasteiger partial charge in [-0.3, -0.25) is 4.79 Å². The topological polar surface area (TPSA) is 59.7 Å². The number of morpholine rings is 1. The van der Waals surface area contributed by atoms with Crippen molar-refractivity contribution >= 4 is 12.1 Å². The van der Waals surface area contributed by atoms with Gasteiger partial charge >= 0.3 is 6.18 Å². The highest BCUT2D eigenvalue weighted by molar-refractivity contribution is 5.48. The van der Waals surface area contributed by atoms with Gasteiger partial charge in [0.05, 0.1) is 36.5 Å². The summed E-state index contributed by atoms with van der Waals surface area (Å²) in [7, 11) is 0. The fourth-order valence-corrected chi connectivity index (χ4v) is 4.39. The lowest BCUT2D eigenvalue weighted by Crippen LogP contribution is -2.44. The Kier molecular flexibility index (Phi) is 5.27. The first kappa shape index (κ1) is 20.1. The van der Waals surface area contributed by atoms with Crippen molar-refractivity contribution in [1.82, 2.24) is 19.5 Å². The second-order valence-corrected chi connectivity index (χ2v) is 8.22. The number of hydrogen-bond donors (Lipinski definition) is 0. The molecule has 1 amide bonds. The van der Waals surface area contributed by atoms with E-state index < -0.39 is 12.1 Å². The maximum Gasteiger partial charge on any atom is 0.391 e.